The molecule has 0 bridgehead atoms. The van der Waals surface area contributed by atoms with Crippen LogP contribution in [-0.2, 0) is 6.42 Å². The van der Waals surface area contributed by atoms with E-state index in [1.807, 2.05) is 30.3 Å². The molecule has 1 aliphatic rings. The molecule has 136 valence electrons. The van der Waals surface area contributed by atoms with E-state index in [9.17, 15) is 4.79 Å². The van der Waals surface area contributed by atoms with E-state index >= 15 is 0 Å². The van der Waals surface area contributed by atoms with Gasteiger partial charge >= 0.3 is 0 Å². The third kappa shape index (κ3) is 3.44. The molecule has 0 spiro atoms. The number of halogens is 1. The third-order valence-electron chi connectivity index (χ3n) is 4.44. The van der Waals surface area contributed by atoms with Gasteiger partial charge in [0.1, 0.15) is 5.75 Å². The Morgan fingerprint density at radius 3 is 2.74 bits per heavy atom. The summed E-state index contributed by atoms with van der Waals surface area (Å²) < 4.78 is 5.14. The predicted molar refractivity (Wildman–Crippen MR) is 105 cm³/mol. The van der Waals surface area contributed by atoms with E-state index in [1.54, 1.807) is 36.3 Å². The van der Waals surface area contributed by atoms with Crippen molar-refractivity contribution >= 4 is 34.7 Å². The summed E-state index contributed by atoms with van der Waals surface area (Å²) >= 11 is 6.13. The van der Waals surface area contributed by atoms with Crippen LogP contribution < -0.4 is 15.0 Å². The lowest BCUT2D eigenvalue weighted by molar-refractivity contribution is 0.0983. The fourth-order valence-electron chi connectivity index (χ4n) is 3.09. The van der Waals surface area contributed by atoms with Crippen molar-refractivity contribution in [3.63, 3.8) is 0 Å². The van der Waals surface area contributed by atoms with Crippen LogP contribution in [0, 0.1) is 0 Å². The standard InChI is InChI=1S/C20H17ClN4O2/c1-27-18-8-6-14(12-15(18)21)22-19-9-7-16(23-24-19)20(26)25-11-10-13-4-2-3-5-17(13)25/h2-9,12H,10-11H2,1H3,(H,22,24). The summed E-state index contributed by atoms with van der Waals surface area (Å²) in [6.45, 7) is 0.657. The summed E-state index contributed by atoms with van der Waals surface area (Å²) in [5, 5.41) is 11.8. The molecule has 27 heavy (non-hydrogen) atoms. The molecule has 0 saturated heterocycles. The first-order chi connectivity index (χ1) is 13.2. The van der Waals surface area contributed by atoms with E-state index in [4.69, 9.17) is 16.3 Å². The minimum absolute atomic E-state index is 0.147. The molecule has 1 N–H and O–H groups in total. The summed E-state index contributed by atoms with van der Waals surface area (Å²) in [5.41, 5.74) is 3.18. The normalized spacial score (nSPS) is 12.6. The van der Waals surface area contributed by atoms with Crippen molar-refractivity contribution < 1.29 is 9.53 Å². The van der Waals surface area contributed by atoms with Gasteiger partial charge in [0.25, 0.3) is 5.91 Å². The summed E-state index contributed by atoms with van der Waals surface area (Å²) in [6.07, 6.45) is 0.854. The maximum atomic E-state index is 12.8. The summed E-state index contributed by atoms with van der Waals surface area (Å²) in [6, 6.07) is 16.6. The Morgan fingerprint density at radius 1 is 1.15 bits per heavy atom. The van der Waals surface area contributed by atoms with E-state index in [0.29, 0.717) is 28.8 Å². The molecule has 7 heteroatoms. The third-order valence-corrected chi connectivity index (χ3v) is 4.74. The fraction of sp³-hybridized carbons (Fsp3) is 0.150. The maximum absolute atomic E-state index is 12.8. The van der Waals surface area contributed by atoms with Crippen LogP contribution in [0.2, 0.25) is 5.02 Å². The average molecular weight is 381 g/mol. The minimum Gasteiger partial charge on any atom is -0.495 e. The maximum Gasteiger partial charge on any atom is 0.278 e. The Bertz CT molecular complexity index is 992. The van der Waals surface area contributed by atoms with E-state index in [0.717, 1.165) is 17.8 Å². The second-order valence-corrected chi connectivity index (χ2v) is 6.52. The molecule has 3 aromatic rings. The summed E-state index contributed by atoms with van der Waals surface area (Å²) in [5.74, 6) is 0.973. The van der Waals surface area contributed by atoms with Crippen LogP contribution in [0.4, 0.5) is 17.2 Å². The van der Waals surface area contributed by atoms with Gasteiger partial charge < -0.3 is 15.0 Å². The highest BCUT2D eigenvalue weighted by molar-refractivity contribution is 6.32. The highest BCUT2D eigenvalue weighted by atomic mass is 35.5. The Morgan fingerprint density at radius 2 is 2.00 bits per heavy atom. The number of carbonyl (C=O) groups is 1. The number of methoxy groups -OCH3 is 1. The summed E-state index contributed by atoms with van der Waals surface area (Å²) in [7, 11) is 1.56. The number of amides is 1. The lowest BCUT2D eigenvalue weighted by Gasteiger charge is -2.16. The zero-order chi connectivity index (χ0) is 18.8. The SMILES string of the molecule is COc1ccc(Nc2ccc(C(=O)N3CCc4ccccc43)nn2)cc1Cl. The molecule has 0 atom stereocenters. The van der Waals surface area contributed by atoms with E-state index in [2.05, 4.69) is 15.5 Å². The van der Waals surface area contributed by atoms with Crippen LogP contribution >= 0.6 is 11.6 Å². The highest BCUT2D eigenvalue weighted by Gasteiger charge is 2.26. The van der Waals surface area contributed by atoms with Gasteiger partial charge in [0, 0.05) is 17.9 Å². The van der Waals surface area contributed by atoms with Crippen molar-refractivity contribution in [1.29, 1.82) is 0 Å². The molecule has 4 rings (SSSR count). The molecule has 0 aliphatic carbocycles. The summed E-state index contributed by atoms with van der Waals surface area (Å²) in [4.78, 5) is 14.5. The number of carbonyl (C=O) groups excluding carboxylic acids is 1. The predicted octanol–water partition coefficient (Wildman–Crippen LogP) is 4.09. The van der Waals surface area contributed by atoms with Crippen molar-refractivity contribution in [2.24, 2.45) is 0 Å². The van der Waals surface area contributed by atoms with Gasteiger partial charge in [0.05, 0.1) is 12.1 Å². The van der Waals surface area contributed by atoms with Gasteiger partial charge in [-0.2, -0.15) is 0 Å². The van der Waals surface area contributed by atoms with Crippen molar-refractivity contribution in [2.45, 2.75) is 6.42 Å². The van der Waals surface area contributed by atoms with Gasteiger partial charge in [-0.1, -0.05) is 29.8 Å². The number of benzene rings is 2. The fourth-order valence-corrected chi connectivity index (χ4v) is 3.35. The minimum atomic E-state index is -0.147. The number of aromatic nitrogens is 2. The number of rotatable bonds is 4. The van der Waals surface area contributed by atoms with Gasteiger partial charge in [-0.15, -0.1) is 10.2 Å². The van der Waals surface area contributed by atoms with Crippen molar-refractivity contribution in [3.05, 3.63) is 70.9 Å². The number of ether oxygens (including phenoxy) is 1. The molecule has 6 nitrogen and oxygen atoms in total. The number of hydrogen-bond donors (Lipinski definition) is 1. The Labute approximate surface area is 161 Å². The molecule has 1 aliphatic heterocycles. The molecular weight excluding hydrogens is 364 g/mol. The van der Waals surface area contributed by atoms with Gasteiger partial charge in [-0.3, -0.25) is 4.79 Å². The molecule has 0 radical (unpaired) electrons. The van der Waals surface area contributed by atoms with Crippen molar-refractivity contribution in [3.8, 4) is 5.75 Å². The number of para-hydroxylation sites is 1. The van der Waals surface area contributed by atoms with Gasteiger partial charge in [0.15, 0.2) is 11.5 Å². The van der Waals surface area contributed by atoms with E-state index in [1.165, 1.54) is 5.56 Å². The van der Waals surface area contributed by atoms with Crippen LogP contribution in [0.5, 0.6) is 5.75 Å². The Balaban J connectivity index is 1.49. The highest BCUT2D eigenvalue weighted by Crippen LogP contribution is 2.29. The molecule has 2 aromatic carbocycles. The largest absolute Gasteiger partial charge is 0.495 e. The lowest BCUT2D eigenvalue weighted by Crippen LogP contribution is -2.29. The number of anilines is 3. The first kappa shape index (κ1) is 17.3. The number of fused-ring (bicyclic) bond motifs is 1. The number of nitrogens with zero attached hydrogens (tertiary/aromatic N) is 3. The van der Waals surface area contributed by atoms with Crippen LogP contribution in [-0.4, -0.2) is 29.8 Å². The molecule has 0 fully saturated rings. The topological polar surface area (TPSA) is 67.3 Å². The molecular formula is C20H17ClN4O2. The molecule has 1 amide bonds. The lowest BCUT2D eigenvalue weighted by atomic mass is 10.2. The zero-order valence-corrected chi connectivity index (χ0v) is 15.4. The van der Waals surface area contributed by atoms with E-state index in [-0.39, 0.29) is 5.91 Å². The van der Waals surface area contributed by atoms with E-state index < -0.39 is 0 Å². The van der Waals surface area contributed by atoms with Crippen LogP contribution in [0.25, 0.3) is 0 Å². The zero-order valence-electron chi connectivity index (χ0n) is 14.6. The molecule has 1 aromatic heterocycles. The smallest absolute Gasteiger partial charge is 0.278 e. The quantitative estimate of drug-likeness (QED) is 0.738. The molecule has 2 heterocycles. The van der Waals surface area contributed by atoms with Gasteiger partial charge in [-0.25, -0.2) is 0 Å². The first-order valence-electron chi connectivity index (χ1n) is 8.50. The van der Waals surface area contributed by atoms with Crippen LogP contribution in [0.1, 0.15) is 16.1 Å². The van der Waals surface area contributed by atoms with Crippen molar-refractivity contribution in [2.75, 3.05) is 23.9 Å². The number of hydrogen-bond acceptors (Lipinski definition) is 5. The van der Waals surface area contributed by atoms with Gasteiger partial charge in [0.2, 0.25) is 0 Å². The molecule has 0 unspecified atom stereocenters. The number of nitrogens with one attached hydrogen (secondary N) is 1. The van der Waals surface area contributed by atoms with Crippen LogP contribution in [0.15, 0.2) is 54.6 Å². The second kappa shape index (κ2) is 7.25. The van der Waals surface area contributed by atoms with Gasteiger partial charge in [-0.05, 0) is 48.4 Å². The molecule has 0 saturated carbocycles. The van der Waals surface area contributed by atoms with Crippen LogP contribution in [0.3, 0.4) is 0 Å². The Hall–Kier alpha value is -3.12. The first-order valence-corrected chi connectivity index (χ1v) is 8.87. The second-order valence-electron chi connectivity index (χ2n) is 6.11. The average Bonchev–Trinajstić information content (AvgIpc) is 3.12. The monoisotopic (exact) mass is 380 g/mol. The Kier molecular flexibility index (Phi) is 4.64. The van der Waals surface area contributed by atoms with Crippen molar-refractivity contribution in [1.82, 2.24) is 10.2 Å².